The van der Waals surface area contributed by atoms with Gasteiger partial charge in [-0.3, -0.25) is 4.79 Å². The van der Waals surface area contributed by atoms with Crippen LogP contribution in [-0.2, 0) is 4.79 Å². The number of carbonyl (C=O) groups excluding carboxylic acids is 1. The number of nitrogens with one attached hydrogen (secondary N) is 1. The van der Waals surface area contributed by atoms with Crippen LogP contribution in [-0.4, -0.2) is 16.9 Å². The lowest BCUT2D eigenvalue weighted by molar-refractivity contribution is -0.115. The molecule has 2 nitrogen and oxygen atoms in total. The number of thioether (sulfide) groups is 1. The van der Waals surface area contributed by atoms with Crippen LogP contribution in [0.3, 0.4) is 0 Å². The van der Waals surface area contributed by atoms with E-state index in [0.29, 0.717) is 0 Å². The van der Waals surface area contributed by atoms with Crippen molar-refractivity contribution in [3.05, 3.63) is 28.8 Å². The highest BCUT2D eigenvalue weighted by atomic mass is 32.2. The fraction of sp³-hybridized carbons (Fsp3) is 0.731. The molecule has 166 valence electrons. The Labute approximate surface area is 185 Å². The van der Waals surface area contributed by atoms with Crippen LogP contribution in [0.5, 0.6) is 0 Å². The summed E-state index contributed by atoms with van der Waals surface area (Å²) >= 11 is 1.85. The van der Waals surface area contributed by atoms with Crippen LogP contribution >= 0.6 is 11.8 Å². The quantitative estimate of drug-likeness (QED) is 0.273. The summed E-state index contributed by atoms with van der Waals surface area (Å²) in [6, 6.07) is 4.27. The fourth-order valence-electron chi connectivity index (χ4n) is 3.75. The minimum atomic E-state index is 0.0683. The first-order valence-corrected chi connectivity index (χ1v) is 13.0. The standard InChI is InChI=1S/C26H45NOS/c1-6-8-9-10-11-12-13-14-15-16-18-29-25(17-7-2)26(28)27-24-20-21(3)19-22(4)23(24)5/h19-20,25H,6-18H2,1-5H3,(H,27,28). The summed E-state index contributed by atoms with van der Waals surface area (Å²) in [5.74, 6) is 1.28. The molecule has 1 atom stereocenters. The molecule has 0 fully saturated rings. The molecule has 0 aliphatic rings. The van der Waals surface area contributed by atoms with E-state index >= 15 is 0 Å². The Morgan fingerprint density at radius 1 is 0.862 bits per heavy atom. The molecule has 0 bridgehead atoms. The highest BCUT2D eigenvalue weighted by molar-refractivity contribution is 8.00. The molecule has 1 rings (SSSR count). The van der Waals surface area contributed by atoms with Gasteiger partial charge < -0.3 is 5.32 Å². The Bertz CT molecular complexity index is 584. The summed E-state index contributed by atoms with van der Waals surface area (Å²) in [7, 11) is 0. The van der Waals surface area contributed by atoms with Gasteiger partial charge in [0.25, 0.3) is 0 Å². The van der Waals surface area contributed by atoms with E-state index in [1.807, 2.05) is 11.8 Å². The Hall–Kier alpha value is -0.960. The molecule has 0 saturated heterocycles. The van der Waals surface area contributed by atoms with Crippen molar-refractivity contribution >= 4 is 23.4 Å². The zero-order valence-electron chi connectivity index (χ0n) is 19.7. The molecule has 1 unspecified atom stereocenters. The van der Waals surface area contributed by atoms with E-state index in [1.165, 1.54) is 80.9 Å². The normalized spacial score (nSPS) is 12.2. The number of hydrogen-bond donors (Lipinski definition) is 1. The number of unbranched alkanes of at least 4 members (excludes halogenated alkanes) is 9. The Balaban J connectivity index is 2.28. The van der Waals surface area contributed by atoms with Crippen molar-refractivity contribution in [3.8, 4) is 0 Å². The van der Waals surface area contributed by atoms with Gasteiger partial charge in [-0.05, 0) is 62.1 Å². The van der Waals surface area contributed by atoms with Gasteiger partial charge in [-0.25, -0.2) is 0 Å². The monoisotopic (exact) mass is 419 g/mol. The van der Waals surface area contributed by atoms with Crippen LogP contribution in [0.1, 0.15) is 108 Å². The van der Waals surface area contributed by atoms with E-state index < -0.39 is 0 Å². The second kappa shape index (κ2) is 15.8. The van der Waals surface area contributed by atoms with Gasteiger partial charge in [-0.1, -0.05) is 84.1 Å². The minimum Gasteiger partial charge on any atom is -0.325 e. The first-order chi connectivity index (χ1) is 14.0. The number of aryl methyl sites for hydroxylation is 2. The van der Waals surface area contributed by atoms with Gasteiger partial charge in [-0.15, -0.1) is 11.8 Å². The third kappa shape index (κ3) is 11.1. The molecule has 0 radical (unpaired) electrons. The summed E-state index contributed by atoms with van der Waals surface area (Å²) in [5.41, 5.74) is 4.60. The Morgan fingerprint density at radius 3 is 2.03 bits per heavy atom. The first kappa shape index (κ1) is 26.1. The molecule has 1 N–H and O–H groups in total. The number of rotatable bonds is 16. The van der Waals surface area contributed by atoms with Crippen LogP contribution in [0, 0.1) is 20.8 Å². The first-order valence-electron chi connectivity index (χ1n) is 12.0. The second-order valence-electron chi connectivity index (χ2n) is 8.57. The van der Waals surface area contributed by atoms with E-state index in [1.54, 1.807) is 0 Å². The van der Waals surface area contributed by atoms with Crippen LogP contribution in [0.2, 0.25) is 0 Å². The highest BCUT2D eigenvalue weighted by Gasteiger charge is 2.19. The molecule has 3 heteroatoms. The maximum Gasteiger partial charge on any atom is 0.237 e. The maximum atomic E-state index is 12.9. The summed E-state index contributed by atoms with van der Waals surface area (Å²) in [6.07, 6.45) is 15.6. The van der Waals surface area contributed by atoms with Crippen LogP contribution in [0.4, 0.5) is 5.69 Å². The summed E-state index contributed by atoms with van der Waals surface area (Å²) < 4.78 is 0. The van der Waals surface area contributed by atoms with Gasteiger partial charge in [0, 0.05) is 5.69 Å². The summed E-state index contributed by atoms with van der Waals surface area (Å²) in [5, 5.41) is 3.28. The predicted molar refractivity (Wildman–Crippen MR) is 132 cm³/mol. The molecule has 1 aromatic carbocycles. The molecule has 0 aromatic heterocycles. The van der Waals surface area contributed by atoms with Crippen molar-refractivity contribution in [2.24, 2.45) is 0 Å². The fourth-order valence-corrected chi connectivity index (χ4v) is 5.02. The van der Waals surface area contributed by atoms with Gasteiger partial charge >= 0.3 is 0 Å². The van der Waals surface area contributed by atoms with Crippen molar-refractivity contribution in [1.82, 2.24) is 0 Å². The molecule has 29 heavy (non-hydrogen) atoms. The number of hydrogen-bond acceptors (Lipinski definition) is 2. The average Bonchev–Trinajstić information content (AvgIpc) is 2.69. The molecule has 1 amide bonds. The molecular weight excluding hydrogens is 374 g/mol. The molecular formula is C26H45NOS. The smallest absolute Gasteiger partial charge is 0.237 e. The minimum absolute atomic E-state index is 0.0683. The maximum absolute atomic E-state index is 12.9. The molecule has 0 spiro atoms. The topological polar surface area (TPSA) is 29.1 Å². The van der Waals surface area contributed by atoms with Crippen LogP contribution in [0.25, 0.3) is 0 Å². The van der Waals surface area contributed by atoms with Crippen LogP contribution < -0.4 is 5.32 Å². The van der Waals surface area contributed by atoms with E-state index in [2.05, 4.69) is 52.1 Å². The molecule has 0 aliphatic carbocycles. The molecule has 1 aromatic rings. The van der Waals surface area contributed by atoms with Gasteiger partial charge in [0.2, 0.25) is 5.91 Å². The van der Waals surface area contributed by atoms with Gasteiger partial charge in [0.1, 0.15) is 0 Å². The number of anilines is 1. The van der Waals surface area contributed by atoms with Crippen molar-refractivity contribution < 1.29 is 4.79 Å². The number of carbonyl (C=O) groups is 1. The molecule has 0 aliphatic heterocycles. The third-order valence-electron chi connectivity index (χ3n) is 5.73. The lowest BCUT2D eigenvalue weighted by Gasteiger charge is -2.18. The predicted octanol–water partition coefficient (Wildman–Crippen LogP) is 8.37. The van der Waals surface area contributed by atoms with E-state index in [-0.39, 0.29) is 11.2 Å². The van der Waals surface area contributed by atoms with Crippen molar-refractivity contribution in [2.75, 3.05) is 11.1 Å². The van der Waals surface area contributed by atoms with E-state index in [9.17, 15) is 4.79 Å². The Morgan fingerprint density at radius 2 is 1.45 bits per heavy atom. The van der Waals surface area contributed by atoms with Crippen molar-refractivity contribution in [1.29, 1.82) is 0 Å². The van der Waals surface area contributed by atoms with Crippen LogP contribution in [0.15, 0.2) is 12.1 Å². The lowest BCUT2D eigenvalue weighted by atomic mass is 10.0. The SMILES string of the molecule is CCCCCCCCCCCCSC(CCC)C(=O)Nc1cc(C)cc(C)c1C. The van der Waals surface area contributed by atoms with Crippen molar-refractivity contribution in [3.63, 3.8) is 0 Å². The van der Waals surface area contributed by atoms with Gasteiger partial charge in [0.15, 0.2) is 0 Å². The molecule has 0 heterocycles. The zero-order chi connectivity index (χ0) is 21.5. The zero-order valence-corrected chi connectivity index (χ0v) is 20.6. The third-order valence-corrected chi connectivity index (χ3v) is 7.11. The number of benzene rings is 1. The highest BCUT2D eigenvalue weighted by Crippen LogP contribution is 2.25. The second-order valence-corrected chi connectivity index (χ2v) is 9.88. The summed E-state index contributed by atoms with van der Waals surface area (Å²) in [6.45, 7) is 10.7. The summed E-state index contributed by atoms with van der Waals surface area (Å²) in [4.78, 5) is 12.9. The molecule has 0 saturated carbocycles. The largest absolute Gasteiger partial charge is 0.325 e. The van der Waals surface area contributed by atoms with E-state index in [0.717, 1.165) is 24.3 Å². The Kier molecular flexibility index (Phi) is 14.2. The van der Waals surface area contributed by atoms with Gasteiger partial charge in [-0.2, -0.15) is 0 Å². The lowest BCUT2D eigenvalue weighted by Crippen LogP contribution is -2.26. The average molecular weight is 420 g/mol. The van der Waals surface area contributed by atoms with E-state index in [4.69, 9.17) is 0 Å². The van der Waals surface area contributed by atoms with Gasteiger partial charge in [0.05, 0.1) is 5.25 Å². The number of amides is 1. The van der Waals surface area contributed by atoms with Crippen molar-refractivity contribution in [2.45, 2.75) is 117 Å².